The summed E-state index contributed by atoms with van der Waals surface area (Å²) in [5.41, 5.74) is 4.35. The van der Waals surface area contributed by atoms with E-state index in [9.17, 15) is 4.79 Å². The molecule has 2 aliphatic heterocycles. The van der Waals surface area contributed by atoms with Gasteiger partial charge in [-0.2, -0.15) is 0 Å². The Morgan fingerprint density at radius 3 is 2.69 bits per heavy atom. The number of likely N-dealkylation sites (tertiary alicyclic amines) is 1. The van der Waals surface area contributed by atoms with E-state index in [2.05, 4.69) is 43.3 Å². The second-order valence-electron chi connectivity index (χ2n) is 6.93. The molecule has 2 heterocycles. The van der Waals surface area contributed by atoms with Crippen LogP contribution in [0.4, 0.5) is 5.69 Å². The molecule has 1 atom stereocenters. The number of amides is 1. The molecule has 1 amide bonds. The highest BCUT2D eigenvalue weighted by atomic mass is 79.9. The number of fused-ring (bicyclic) bond motifs is 1. The van der Waals surface area contributed by atoms with Gasteiger partial charge >= 0.3 is 0 Å². The van der Waals surface area contributed by atoms with E-state index < -0.39 is 0 Å². The Morgan fingerprint density at radius 2 is 1.92 bits per heavy atom. The zero-order valence-corrected chi connectivity index (χ0v) is 16.2. The Labute approximate surface area is 162 Å². The molecule has 1 saturated heterocycles. The van der Waals surface area contributed by atoms with Crippen molar-refractivity contribution in [2.45, 2.75) is 31.8 Å². The highest BCUT2D eigenvalue weighted by Crippen LogP contribution is 2.30. The number of carbonyl (C=O) groups excluding carboxylic acids is 1. The Morgan fingerprint density at radius 1 is 1.15 bits per heavy atom. The average molecular weight is 412 g/mol. The summed E-state index contributed by atoms with van der Waals surface area (Å²) in [4.78, 5) is 19.4. The number of carbonyl (C=O) groups is 1. The molecule has 5 heteroatoms. The first kappa shape index (κ1) is 17.4. The molecule has 4 nitrogen and oxygen atoms in total. The molecule has 2 aromatic rings. The number of nitrogens with zero attached hydrogens (tertiary/aromatic N) is 2. The lowest BCUT2D eigenvalue weighted by molar-refractivity contribution is -0.121. The molecular formula is C21H22BrN3O. The Bertz CT molecular complexity index is 826. The molecule has 0 radical (unpaired) electrons. The van der Waals surface area contributed by atoms with E-state index in [-0.39, 0.29) is 11.8 Å². The molecule has 0 bridgehead atoms. The fourth-order valence-electron chi connectivity index (χ4n) is 3.67. The normalized spacial score (nSPS) is 20.3. The molecule has 26 heavy (non-hydrogen) atoms. The Balaban J connectivity index is 1.49. The summed E-state index contributed by atoms with van der Waals surface area (Å²) in [5.74, 6) is -0.342. The lowest BCUT2D eigenvalue weighted by Gasteiger charge is -2.23. The molecule has 4 rings (SSSR count). The highest BCUT2D eigenvalue weighted by Gasteiger charge is 2.27. The first-order chi connectivity index (χ1) is 12.7. The fourth-order valence-corrected chi connectivity index (χ4v) is 4.20. The van der Waals surface area contributed by atoms with Gasteiger partial charge < -0.3 is 5.32 Å². The summed E-state index contributed by atoms with van der Waals surface area (Å²) in [6.07, 6.45) is 4.38. The molecule has 0 aromatic heterocycles. The minimum Gasteiger partial charge on any atom is -0.351 e. The second-order valence-corrected chi connectivity index (χ2v) is 7.79. The summed E-state index contributed by atoms with van der Waals surface area (Å²) in [6.45, 7) is 3.97. The molecular weight excluding hydrogens is 390 g/mol. The van der Waals surface area contributed by atoms with Crippen LogP contribution in [0.15, 0.2) is 51.9 Å². The van der Waals surface area contributed by atoms with E-state index >= 15 is 0 Å². The van der Waals surface area contributed by atoms with Gasteiger partial charge in [-0.3, -0.25) is 14.7 Å². The van der Waals surface area contributed by atoms with E-state index in [1.54, 1.807) is 6.21 Å². The van der Waals surface area contributed by atoms with E-state index in [4.69, 9.17) is 0 Å². The van der Waals surface area contributed by atoms with Crippen molar-refractivity contribution in [3.63, 3.8) is 0 Å². The highest BCUT2D eigenvalue weighted by molar-refractivity contribution is 9.10. The zero-order chi connectivity index (χ0) is 17.9. The second kappa shape index (κ2) is 7.72. The van der Waals surface area contributed by atoms with Crippen LogP contribution >= 0.6 is 15.9 Å². The van der Waals surface area contributed by atoms with E-state index in [0.29, 0.717) is 6.54 Å². The van der Waals surface area contributed by atoms with Crippen LogP contribution in [0.5, 0.6) is 0 Å². The minimum atomic E-state index is -0.347. The van der Waals surface area contributed by atoms with Crippen LogP contribution in [0, 0.1) is 0 Å². The summed E-state index contributed by atoms with van der Waals surface area (Å²) in [7, 11) is 0. The number of hydrogen-bond acceptors (Lipinski definition) is 3. The van der Waals surface area contributed by atoms with Crippen molar-refractivity contribution in [3.8, 4) is 0 Å². The molecule has 1 N–H and O–H groups in total. The SMILES string of the molecule is O=C1NCc2c(Br)cccc2C1C=Nc1ccc(CN2CCCC2)cc1. The van der Waals surface area contributed by atoms with Crippen LogP contribution in [0.25, 0.3) is 0 Å². The number of nitrogens with one attached hydrogen (secondary N) is 1. The van der Waals surface area contributed by atoms with Gasteiger partial charge in [-0.25, -0.2) is 0 Å². The lowest BCUT2D eigenvalue weighted by Crippen LogP contribution is -2.35. The molecule has 1 unspecified atom stereocenters. The van der Waals surface area contributed by atoms with Gasteiger partial charge in [0, 0.05) is 23.8 Å². The predicted molar refractivity (Wildman–Crippen MR) is 108 cm³/mol. The number of halogens is 1. The van der Waals surface area contributed by atoms with E-state index in [1.165, 1.54) is 31.5 Å². The van der Waals surface area contributed by atoms with Crippen molar-refractivity contribution in [2.24, 2.45) is 4.99 Å². The van der Waals surface area contributed by atoms with Crippen LogP contribution in [-0.2, 0) is 17.9 Å². The quantitative estimate of drug-likeness (QED) is 0.767. The van der Waals surface area contributed by atoms with Gasteiger partial charge in [-0.15, -0.1) is 0 Å². The molecule has 0 aliphatic carbocycles. The average Bonchev–Trinajstić information content (AvgIpc) is 3.15. The van der Waals surface area contributed by atoms with Crippen LogP contribution in [0.2, 0.25) is 0 Å². The number of aliphatic imine (C=N–C) groups is 1. The number of hydrogen-bond donors (Lipinski definition) is 1. The topological polar surface area (TPSA) is 44.7 Å². The van der Waals surface area contributed by atoms with Gasteiger partial charge in [-0.1, -0.05) is 40.2 Å². The largest absolute Gasteiger partial charge is 0.351 e. The number of benzene rings is 2. The molecule has 134 valence electrons. The third-order valence-electron chi connectivity index (χ3n) is 5.13. The maximum Gasteiger partial charge on any atom is 0.233 e. The minimum absolute atomic E-state index is 0.00463. The molecule has 0 spiro atoms. The summed E-state index contributed by atoms with van der Waals surface area (Å²) < 4.78 is 1.03. The summed E-state index contributed by atoms with van der Waals surface area (Å²) >= 11 is 3.57. The lowest BCUT2D eigenvalue weighted by atomic mass is 9.91. The standard InChI is InChI=1S/C21H22BrN3O/c22-20-5-3-4-17-18(20)12-24-21(26)19(17)13-23-16-8-6-15(7-9-16)14-25-10-1-2-11-25/h3-9,13,19H,1-2,10-12,14H2,(H,24,26). The van der Waals surface area contributed by atoms with Crippen molar-refractivity contribution in [2.75, 3.05) is 13.1 Å². The summed E-state index contributed by atoms with van der Waals surface area (Å²) in [6, 6.07) is 14.3. The van der Waals surface area contributed by atoms with Gasteiger partial charge in [0.15, 0.2) is 0 Å². The first-order valence-electron chi connectivity index (χ1n) is 9.11. The van der Waals surface area contributed by atoms with Crippen molar-refractivity contribution in [1.29, 1.82) is 0 Å². The summed E-state index contributed by atoms with van der Waals surface area (Å²) in [5, 5.41) is 2.95. The molecule has 1 fully saturated rings. The van der Waals surface area contributed by atoms with Crippen LogP contribution in [0.3, 0.4) is 0 Å². The van der Waals surface area contributed by atoms with Crippen molar-refractivity contribution in [1.82, 2.24) is 10.2 Å². The fraction of sp³-hybridized carbons (Fsp3) is 0.333. The van der Waals surface area contributed by atoms with Gasteiger partial charge in [0.2, 0.25) is 5.91 Å². The molecule has 2 aromatic carbocycles. The maximum absolute atomic E-state index is 12.3. The zero-order valence-electron chi connectivity index (χ0n) is 14.6. The van der Waals surface area contributed by atoms with Gasteiger partial charge in [0.1, 0.15) is 0 Å². The number of rotatable bonds is 4. The molecule has 0 saturated carbocycles. The van der Waals surface area contributed by atoms with Gasteiger partial charge in [0.25, 0.3) is 0 Å². The van der Waals surface area contributed by atoms with E-state index in [0.717, 1.165) is 27.8 Å². The first-order valence-corrected chi connectivity index (χ1v) is 9.90. The third-order valence-corrected chi connectivity index (χ3v) is 5.87. The monoisotopic (exact) mass is 411 g/mol. The Kier molecular flexibility index (Phi) is 5.18. The smallest absolute Gasteiger partial charge is 0.233 e. The van der Waals surface area contributed by atoms with Crippen molar-refractivity contribution >= 4 is 33.7 Å². The predicted octanol–water partition coefficient (Wildman–Crippen LogP) is 4.16. The van der Waals surface area contributed by atoms with Gasteiger partial charge in [0.05, 0.1) is 11.6 Å². The Hall–Kier alpha value is -1.98. The molecule has 2 aliphatic rings. The third kappa shape index (κ3) is 3.74. The van der Waals surface area contributed by atoms with E-state index in [1.807, 2.05) is 30.3 Å². The maximum atomic E-state index is 12.3. The van der Waals surface area contributed by atoms with Crippen LogP contribution < -0.4 is 5.32 Å². The van der Waals surface area contributed by atoms with Gasteiger partial charge in [-0.05, 0) is 60.8 Å². The van der Waals surface area contributed by atoms with Crippen molar-refractivity contribution < 1.29 is 4.79 Å². The van der Waals surface area contributed by atoms with Crippen LogP contribution in [-0.4, -0.2) is 30.1 Å². The van der Waals surface area contributed by atoms with Crippen LogP contribution in [0.1, 0.15) is 35.4 Å². The van der Waals surface area contributed by atoms with Crippen molar-refractivity contribution in [3.05, 3.63) is 63.6 Å².